The molecule has 0 aliphatic carbocycles. The molecule has 0 spiro atoms. The van der Waals surface area contributed by atoms with Gasteiger partial charge in [0.15, 0.2) is 0 Å². The fraction of sp³-hybridized carbons (Fsp3) is 0.567. The fourth-order valence-corrected chi connectivity index (χ4v) is 4.21. The van der Waals surface area contributed by atoms with Crippen molar-refractivity contribution in [3.8, 4) is 5.75 Å². The Hall–Kier alpha value is -2.33. The van der Waals surface area contributed by atoms with E-state index in [-0.39, 0.29) is 12.5 Å². The highest BCUT2D eigenvalue weighted by atomic mass is 16.5. The Morgan fingerprint density at radius 2 is 1.38 bits per heavy atom. The van der Waals surface area contributed by atoms with Gasteiger partial charge < -0.3 is 14.7 Å². The zero-order chi connectivity index (χ0) is 24.4. The van der Waals surface area contributed by atoms with Crippen LogP contribution in [0.25, 0.3) is 0 Å². The lowest BCUT2D eigenvalue weighted by molar-refractivity contribution is -0.116. The molecule has 0 heterocycles. The van der Waals surface area contributed by atoms with E-state index in [1.54, 1.807) is 11.8 Å². The fourth-order valence-electron chi connectivity index (χ4n) is 4.21. The third-order valence-electron chi connectivity index (χ3n) is 6.32. The molecule has 2 aromatic carbocycles. The number of amides is 1. The molecule has 0 aromatic heterocycles. The molecule has 2 aromatic rings. The van der Waals surface area contributed by atoms with Crippen LogP contribution in [0.4, 0.5) is 5.69 Å². The van der Waals surface area contributed by atoms with Gasteiger partial charge in [-0.15, -0.1) is 0 Å². The third-order valence-corrected chi connectivity index (χ3v) is 6.32. The Morgan fingerprint density at radius 1 is 0.794 bits per heavy atom. The lowest BCUT2D eigenvalue weighted by atomic mass is 10.1. The lowest BCUT2D eigenvalue weighted by Crippen LogP contribution is -2.27. The number of hydrogen-bond donors (Lipinski definition) is 1. The maximum Gasteiger partial charge on any atom is 0.224 e. The molecule has 0 atom stereocenters. The summed E-state index contributed by atoms with van der Waals surface area (Å²) in [6, 6.07) is 15.5. The first-order chi connectivity index (χ1) is 16.6. The largest absolute Gasteiger partial charge is 0.494 e. The summed E-state index contributed by atoms with van der Waals surface area (Å²) in [5.74, 6) is 0.853. The average molecular weight is 468 g/mol. The zero-order valence-corrected chi connectivity index (χ0v) is 21.4. The molecule has 34 heavy (non-hydrogen) atoms. The lowest BCUT2D eigenvalue weighted by Gasteiger charge is -2.22. The molecule has 0 fully saturated rings. The smallest absolute Gasteiger partial charge is 0.224 e. The quantitative estimate of drug-likeness (QED) is 0.227. The van der Waals surface area contributed by atoms with Gasteiger partial charge in [-0.05, 0) is 41.8 Å². The van der Waals surface area contributed by atoms with E-state index in [2.05, 4.69) is 6.92 Å². The first kappa shape index (κ1) is 27.9. The number of anilines is 1. The molecule has 0 aliphatic heterocycles. The number of nitrogens with zero attached hydrogens (tertiary/aromatic N) is 1. The zero-order valence-electron chi connectivity index (χ0n) is 21.4. The van der Waals surface area contributed by atoms with Crippen molar-refractivity contribution in [1.29, 1.82) is 0 Å². The van der Waals surface area contributed by atoms with Crippen LogP contribution in [-0.2, 0) is 17.9 Å². The van der Waals surface area contributed by atoms with Crippen LogP contribution in [0.2, 0.25) is 0 Å². The van der Waals surface area contributed by atoms with E-state index < -0.39 is 0 Å². The van der Waals surface area contributed by atoms with Gasteiger partial charge in [-0.25, -0.2) is 0 Å². The van der Waals surface area contributed by atoms with Gasteiger partial charge in [-0.2, -0.15) is 0 Å². The van der Waals surface area contributed by atoms with E-state index >= 15 is 0 Å². The van der Waals surface area contributed by atoms with E-state index in [0.717, 1.165) is 35.6 Å². The van der Waals surface area contributed by atoms with Crippen LogP contribution >= 0.6 is 0 Å². The van der Waals surface area contributed by atoms with Crippen LogP contribution in [0, 0.1) is 0 Å². The molecule has 0 saturated carbocycles. The number of carbonyl (C=O) groups excluding carboxylic acids is 1. The van der Waals surface area contributed by atoms with Crippen LogP contribution in [0.5, 0.6) is 5.75 Å². The van der Waals surface area contributed by atoms with Crippen molar-refractivity contribution in [2.24, 2.45) is 0 Å². The third kappa shape index (κ3) is 11.2. The molecule has 0 radical (unpaired) electrons. The van der Waals surface area contributed by atoms with Crippen LogP contribution in [-0.4, -0.2) is 17.6 Å². The van der Waals surface area contributed by atoms with Crippen molar-refractivity contribution in [1.82, 2.24) is 0 Å². The predicted molar refractivity (Wildman–Crippen MR) is 142 cm³/mol. The molecule has 0 bridgehead atoms. The summed E-state index contributed by atoms with van der Waals surface area (Å²) in [6.45, 7) is 5.05. The SMILES string of the molecule is CCCCCCCCCCCCCCOc1ccc(CN(C(C)=O)c2cccc(CO)c2)cc1. The molecule has 4 nitrogen and oxygen atoms in total. The monoisotopic (exact) mass is 467 g/mol. The van der Waals surface area contributed by atoms with Crippen molar-refractivity contribution < 1.29 is 14.6 Å². The summed E-state index contributed by atoms with van der Waals surface area (Å²) in [6.07, 6.45) is 16.1. The van der Waals surface area contributed by atoms with Gasteiger partial charge in [-0.3, -0.25) is 4.79 Å². The molecule has 0 aliphatic rings. The van der Waals surface area contributed by atoms with E-state index in [9.17, 15) is 9.90 Å². The van der Waals surface area contributed by atoms with Crippen LogP contribution in [0.15, 0.2) is 48.5 Å². The van der Waals surface area contributed by atoms with Crippen molar-refractivity contribution in [2.45, 2.75) is 104 Å². The summed E-state index contributed by atoms with van der Waals surface area (Å²) in [4.78, 5) is 13.9. The summed E-state index contributed by atoms with van der Waals surface area (Å²) < 4.78 is 5.91. The minimum absolute atomic E-state index is 0.0256. The number of hydrogen-bond acceptors (Lipinski definition) is 3. The Bertz CT molecular complexity index is 803. The molecule has 188 valence electrons. The highest BCUT2D eigenvalue weighted by Crippen LogP contribution is 2.21. The van der Waals surface area contributed by atoms with Crippen molar-refractivity contribution >= 4 is 11.6 Å². The molecule has 1 amide bonds. The topological polar surface area (TPSA) is 49.8 Å². The minimum Gasteiger partial charge on any atom is -0.494 e. The van der Waals surface area contributed by atoms with Gasteiger partial charge in [-0.1, -0.05) is 102 Å². The Balaban J connectivity index is 1.61. The molecule has 4 heteroatoms. The van der Waals surface area contributed by atoms with Gasteiger partial charge in [0.25, 0.3) is 0 Å². The normalized spacial score (nSPS) is 10.9. The number of aliphatic hydroxyl groups is 1. The van der Waals surface area contributed by atoms with Gasteiger partial charge >= 0.3 is 0 Å². The van der Waals surface area contributed by atoms with Crippen LogP contribution in [0.1, 0.15) is 102 Å². The Labute approximate surface area is 207 Å². The van der Waals surface area contributed by atoms with E-state index in [0.29, 0.717) is 6.54 Å². The highest BCUT2D eigenvalue weighted by molar-refractivity contribution is 5.91. The first-order valence-corrected chi connectivity index (χ1v) is 13.3. The number of aliphatic hydroxyl groups excluding tert-OH is 1. The van der Waals surface area contributed by atoms with Gasteiger partial charge in [0.1, 0.15) is 5.75 Å². The molecular weight excluding hydrogens is 422 g/mol. The molecule has 0 saturated heterocycles. The standard InChI is InChI=1S/C30H45NO3/c1-3-4-5-6-7-8-9-10-11-12-13-14-22-34-30-20-18-27(19-21-30)24-31(26(2)33)29-17-15-16-28(23-29)25-32/h15-21,23,32H,3-14,22,24-25H2,1-2H3. The van der Waals surface area contributed by atoms with Gasteiger partial charge in [0.2, 0.25) is 5.91 Å². The minimum atomic E-state index is -0.0369. The second-order valence-corrected chi connectivity index (χ2v) is 9.31. The maximum atomic E-state index is 12.2. The van der Waals surface area contributed by atoms with E-state index in [4.69, 9.17) is 4.74 Å². The number of benzene rings is 2. The number of rotatable bonds is 18. The van der Waals surface area contributed by atoms with Crippen LogP contribution < -0.4 is 9.64 Å². The molecule has 1 N–H and O–H groups in total. The predicted octanol–water partition coefficient (Wildman–Crippen LogP) is 7.81. The van der Waals surface area contributed by atoms with E-state index in [1.165, 1.54) is 70.6 Å². The van der Waals surface area contributed by atoms with E-state index in [1.807, 2.05) is 48.5 Å². The summed E-state index contributed by atoms with van der Waals surface area (Å²) in [7, 11) is 0. The van der Waals surface area contributed by atoms with Crippen LogP contribution in [0.3, 0.4) is 0 Å². The van der Waals surface area contributed by atoms with Crippen molar-refractivity contribution in [2.75, 3.05) is 11.5 Å². The first-order valence-electron chi connectivity index (χ1n) is 13.3. The highest BCUT2D eigenvalue weighted by Gasteiger charge is 2.12. The Kier molecular flexibility index (Phi) is 14.1. The summed E-state index contributed by atoms with van der Waals surface area (Å²) in [5.41, 5.74) is 2.64. The number of unbranched alkanes of at least 4 members (excludes halogenated alkanes) is 11. The second-order valence-electron chi connectivity index (χ2n) is 9.31. The molecule has 0 unspecified atom stereocenters. The Morgan fingerprint density at radius 3 is 1.94 bits per heavy atom. The molecule has 2 rings (SSSR count). The number of ether oxygens (including phenoxy) is 1. The molecular formula is C30H45NO3. The average Bonchev–Trinajstić information content (AvgIpc) is 2.86. The summed E-state index contributed by atoms with van der Waals surface area (Å²) in [5, 5.41) is 9.38. The van der Waals surface area contributed by atoms with Crippen molar-refractivity contribution in [3.63, 3.8) is 0 Å². The number of carbonyl (C=O) groups is 1. The van der Waals surface area contributed by atoms with Crippen molar-refractivity contribution in [3.05, 3.63) is 59.7 Å². The maximum absolute atomic E-state index is 12.2. The second kappa shape index (κ2) is 17.2. The van der Waals surface area contributed by atoms with Gasteiger partial charge in [0, 0.05) is 12.6 Å². The van der Waals surface area contributed by atoms with Gasteiger partial charge in [0.05, 0.1) is 19.8 Å². The summed E-state index contributed by atoms with van der Waals surface area (Å²) >= 11 is 0.